The molecule has 1 aromatic carbocycles. The molecule has 3 aromatic rings. The number of hydrogen-bond donors (Lipinski definition) is 0. The molecule has 1 saturated heterocycles. The summed E-state index contributed by atoms with van der Waals surface area (Å²) in [5.74, 6) is 2.61. The van der Waals surface area contributed by atoms with Gasteiger partial charge in [0.15, 0.2) is 0 Å². The van der Waals surface area contributed by atoms with E-state index in [1.54, 1.807) is 17.6 Å². The molecule has 0 N–H and O–H groups in total. The minimum atomic E-state index is 0.113. The normalized spacial score (nSPS) is 18.9. The third-order valence-electron chi connectivity index (χ3n) is 5.94. The maximum atomic E-state index is 11.8. The highest BCUT2D eigenvalue weighted by atomic mass is 16.5. The summed E-state index contributed by atoms with van der Waals surface area (Å²) in [6.07, 6.45) is 6.36. The number of anilines is 1. The minimum absolute atomic E-state index is 0.113. The van der Waals surface area contributed by atoms with Crippen molar-refractivity contribution >= 4 is 17.5 Å². The first-order chi connectivity index (χ1) is 14.2. The summed E-state index contributed by atoms with van der Waals surface area (Å²) in [6, 6.07) is 8.44. The zero-order valence-electron chi connectivity index (χ0n) is 16.5. The number of carbonyl (C=O) groups is 1. The Kier molecular flexibility index (Phi) is 4.54. The van der Waals surface area contributed by atoms with Crippen LogP contribution in [0.2, 0.25) is 0 Å². The zero-order chi connectivity index (χ0) is 19.8. The molecular formula is C21H24N6O2. The Labute approximate surface area is 169 Å². The molecule has 1 atom stereocenters. The molecule has 8 heteroatoms. The molecule has 1 unspecified atom stereocenters. The van der Waals surface area contributed by atoms with Crippen molar-refractivity contribution in [2.45, 2.75) is 38.8 Å². The fourth-order valence-corrected chi connectivity index (χ4v) is 4.39. The van der Waals surface area contributed by atoms with Crippen molar-refractivity contribution in [1.82, 2.24) is 24.5 Å². The van der Waals surface area contributed by atoms with Crippen molar-refractivity contribution in [3.63, 3.8) is 0 Å². The van der Waals surface area contributed by atoms with Gasteiger partial charge in [-0.05, 0) is 37.0 Å². The molecule has 0 saturated carbocycles. The van der Waals surface area contributed by atoms with Gasteiger partial charge < -0.3 is 14.5 Å². The van der Waals surface area contributed by atoms with E-state index < -0.39 is 0 Å². The van der Waals surface area contributed by atoms with Crippen LogP contribution in [-0.4, -0.2) is 56.1 Å². The van der Waals surface area contributed by atoms with E-state index in [9.17, 15) is 4.79 Å². The van der Waals surface area contributed by atoms with Crippen molar-refractivity contribution in [3.05, 3.63) is 47.9 Å². The third-order valence-corrected chi connectivity index (χ3v) is 5.94. The maximum absolute atomic E-state index is 11.8. The van der Waals surface area contributed by atoms with Crippen molar-refractivity contribution < 1.29 is 9.53 Å². The van der Waals surface area contributed by atoms with E-state index in [0.29, 0.717) is 18.9 Å². The third kappa shape index (κ3) is 3.28. The summed E-state index contributed by atoms with van der Waals surface area (Å²) in [5.41, 5.74) is 2.42. The van der Waals surface area contributed by atoms with Gasteiger partial charge in [-0.25, -0.2) is 4.98 Å². The smallest absolute Gasteiger partial charge is 0.254 e. The van der Waals surface area contributed by atoms with Crippen LogP contribution in [-0.2, 0) is 17.8 Å². The summed E-state index contributed by atoms with van der Waals surface area (Å²) in [7, 11) is 0. The number of fused-ring (bicyclic) bond motifs is 2. The number of carbonyl (C=O) groups excluding carboxylic acids is 1. The summed E-state index contributed by atoms with van der Waals surface area (Å²) >= 11 is 0. The predicted octanol–water partition coefficient (Wildman–Crippen LogP) is 2.08. The van der Waals surface area contributed by atoms with Crippen LogP contribution < -0.4 is 9.64 Å². The van der Waals surface area contributed by atoms with Gasteiger partial charge >= 0.3 is 0 Å². The highest BCUT2D eigenvalue weighted by molar-refractivity contribution is 5.73. The van der Waals surface area contributed by atoms with Gasteiger partial charge in [-0.3, -0.25) is 4.79 Å². The molecule has 1 fully saturated rings. The highest BCUT2D eigenvalue weighted by Gasteiger charge is 2.28. The molecule has 8 nitrogen and oxygen atoms in total. The quantitative estimate of drug-likeness (QED) is 0.677. The molecule has 1 amide bonds. The molecule has 150 valence electrons. The number of benzene rings is 1. The Hall–Kier alpha value is -3.16. The first-order valence-corrected chi connectivity index (χ1v) is 10.1. The van der Waals surface area contributed by atoms with E-state index in [1.165, 1.54) is 11.9 Å². The lowest BCUT2D eigenvalue weighted by Crippen LogP contribution is -2.36. The Morgan fingerprint density at radius 1 is 1.24 bits per heavy atom. The second kappa shape index (κ2) is 7.35. The topological polar surface area (TPSA) is 75.9 Å². The molecule has 0 spiro atoms. The number of aromatic nitrogens is 4. The molecule has 0 aliphatic carbocycles. The van der Waals surface area contributed by atoms with Gasteiger partial charge in [-0.2, -0.15) is 14.6 Å². The summed E-state index contributed by atoms with van der Waals surface area (Å²) < 4.78 is 8.11. The van der Waals surface area contributed by atoms with Crippen LogP contribution in [0.15, 0.2) is 36.8 Å². The second-order valence-corrected chi connectivity index (χ2v) is 7.66. The number of hydrogen-bond acceptors (Lipinski definition) is 6. The molecule has 0 bridgehead atoms. The lowest BCUT2D eigenvalue weighted by atomic mass is 9.99. The monoisotopic (exact) mass is 392 g/mol. The van der Waals surface area contributed by atoms with Crippen LogP contribution in [0.1, 0.15) is 30.9 Å². The van der Waals surface area contributed by atoms with Gasteiger partial charge in [0, 0.05) is 38.3 Å². The lowest BCUT2D eigenvalue weighted by Gasteiger charge is -2.30. The van der Waals surface area contributed by atoms with E-state index in [1.807, 2.05) is 23.1 Å². The standard InChI is InChI=1S/C21H24N6O2/c1-15(28)25-11-8-16-4-2-6-19(18(16)12-25)29-13-17-5-3-10-26(17)20-7-9-22-21-23-14-24-27(20)21/h2,4,6-7,9,14,17H,3,5,8,10-13H2,1H3. The number of ether oxygens (including phenoxy) is 1. The van der Waals surface area contributed by atoms with Gasteiger partial charge in [0.25, 0.3) is 5.78 Å². The zero-order valence-corrected chi connectivity index (χ0v) is 16.5. The van der Waals surface area contributed by atoms with Crippen LogP contribution in [0.4, 0.5) is 5.82 Å². The van der Waals surface area contributed by atoms with Gasteiger partial charge in [-0.1, -0.05) is 12.1 Å². The maximum Gasteiger partial charge on any atom is 0.254 e. The average molecular weight is 392 g/mol. The van der Waals surface area contributed by atoms with Crippen molar-refractivity contribution in [1.29, 1.82) is 0 Å². The van der Waals surface area contributed by atoms with E-state index in [2.05, 4.69) is 26.0 Å². The van der Waals surface area contributed by atoms with Gasteiger partial charge in [-0.15, -0.1) is 0 Å². The predicted molar refractivity (Wildman–Crippen MR) is 108 cm³/mol. The Bertz CT molecular complexity index is 1050. The Balaban J connectivity index is 1.35. The average Bonchev–Trinajstić information content (AvgIpc) is 3.40. The van der Waals surface area contributed by atoms with Gasteiger partial charge in [0.2, 0.25) is 5.91 Å². The molecular weight excluding hydrogens is 368 g/mol. The number of rotatable bonds is 4. The lowest BCUT2D eigenvalue weighted by molar-refractivity contribution is -0.129. The van der Waals surface area contributed by atoms with Crippen LogP contribution >= 0.6 is 0 Å². The van der Waals surface area contributed by atoms with E-state index in [0.717, 1.165) is 49.5 Å². The molecule has 0 radical (unpaired) electrons. The minimum Gasteiger partial charge on any atom is -0.491 e. The van der Waals surface area contributed by atoms with Crippen LogP contribution in [0.5, 0.6) is 5.75 Å². The van der Waals surface area contributed by atoms with E-state index in [4.69, 9.17) is 4.74 Å². The summed E-state index contributed by atoms with van der Waals surface area (Å²) in [4.78, 5) is 24.5. The fraction of sp³-hybridized carbons (Fsp3) is 0.429. The van der Waals surface area contributed by atoms with Gasteiger partial charge in [0.05, 0.1) is 6.04 Å². The highest BCUT2D eigenvalue weighted by Crippen LogP contribution is 2.30. The molecule has 2 aliphatic rings. The summed E-state index contributed by atoms with van der Waals surface area (Å²) in [6.45, 7) is 4.58. The van der Waals surface area contributed by atoms with Crippen molar-refractivity contribution in [2.75, 3.05) is 24.6 Å². The number of amides is 1. The van der Waals surface area contributed by atoms with Crippen LogP contribution in [0, 0.1) is 0 Å². The number of nitrogens with zero attached hydrogens (tertiary/aromatic N) is 6. The van der Waals surface area contributed by atoms with E-state index in [-0.39, 0.29) is 11.9 Å². The first-order valence-electron chi connectivity index (χ1n) is 10.1. The van der Waals surface area contributed by atoms with Crippen LogP contribution in [0.3, 0.4) is 0 Å². The molecule has 2 aliphatic heterocycles. The molecule has 29 heavy (non-hydrogen) atoms. The van der Waals surface area contributed by atoms with Crippen molar-refractivity contribution in [2.24, 2.45) is 0 Å². The second-order valence-electron chi connectivity index (χ2n) is 7.66. The Morgan fingerprint density at radius 2 is 2.17 bits per heavy atom. The summed E-state index contributed by atoms with van der Waals surface area (Å²) in [5, 5.41) is 4.32. The van der Waals surface area contributed by atoms with Gasteiger partial charge in [0.1, 0.15) is 24.5 Å². The largest absolute Gasteiger partial charge is 0.491 e. The fourth-order valence-electron chi connectivity index (χ4n) is 4.39. The van der Waals surface area contributed by atoms with E-state index >= 15 is 0 Å². The molecule has 4 heterocycles. The van der Waals surface area contributed by atoms with Crippen molar-refractivity contribution in [3.8, 4) is 5.75 Å². The van der Waals surface area contributed by atoms with Crippen LogP contribution in [0.25, 0.3) is 5.78 Å². The Morgan fingerprint density at radius 3 is 3.07 bits per heavy atom. The SMILES string of the molecule is CC(=O)N1CCc2cccc(OCC3CCCN3c3ccnc4ncnn34)c2C1. The molecule has 5 rings (SSSR count). The molecule has 2 aromatic heterocycles. The first kappa shape index (κ1) is 17.9.